The monoisotopic (exact) mass is 411 g/mol. The molecule has 0 fully saturated rings. The molecule has 1 aliphatic heterocycles. The lowest BCUT2D eigenvalue weighted by Gasteiger charge is -2.13. The number of aromatic nitrogens is 1. The molecule has 3 rings (SSSR count). The van der Waals surface area contributed by atoms with Gasteiger partial charge in [-0.2, -0.15) is 5.26 Å². The molecule has 0 amide bonds. The number of carbonyl (C=O) groups excluding carboxylic acids is 1. The summed E-state index contributed by atoms with van der Waals surface area (Å²) in [6.07, 6.45) is -0.668. The summed E-state index contributed by atoms with van der Waals surface area (Å²) in [5.74, 6) is -0.488. The van der Waals surface area contributed by atoms with E-state index < -0.39 is 12.1 Å². The van der Waals surface area contributed by atoms with E-state index in [0.29, 0.717) is 19.9 Å². The highest BCUT2D eigenvalue weighted by Crippen LogP contribution is 2.41. The first-order valence-electron chi connectivity index (χ1n) is 5.88. The van der Waals surface area contributed by atoms with Gasteiger partial charge in [0, 0.05) is 10.6 Å². The van der Waals surface area contributed by atoms with E-state index in [1.165, 1.54) is 0 Å². The van der Waals surface area contributed by atoms with Crippen molar-refractivity contribution in [3.63, 3.8) is 0 Å². The van der Waals surface area contributed by atoms with Crippen molar-refractivity contribution >= 4 is 46.0 Å². The molecule has 21 heavy (non-hydrogen) atoms. The second-order valence-electron chi connectivity index (χ2n) is 4.40. The van der Waals surface area contributed by atoms with Gasteiger partial charge in [0.25, 0.3) is 0 Å². The quantitative estimate of drug-likeness (QED) is 0.443. The fraction of sp³-hybridized carbons (Fsp3) is 0.0714. The highest BCUT2D eigenvalue weighted by Gasteiger charge is 2.38. The molecule has 2 N–H and O–H groups in total. The van der Waals surface area contributed by atoms with Gasteiger partial charge in [0.2, 0.25) is 0 Å². The van der Waals surface area contributed by atoms with Crippen molar-refractivity contribution in [3.05, 3.63) is 55.2 Å². The van der Waals surface area contributed by atoms with E-state index >= 15 is 0 Å². The van der Waals surface area contributed by atoms with Crippen LogP contribution in [0.1, 0.15) is 33.2 Å². The number of nitrogen functional groups attached to an aromatic ring is 1. The molecular weight excluding hydrogens is 405 g/mol. The summed E-state index contributed by atoms with van der Waals surface area (Å²) in [7, 11) is 0. The molecule has 1 aromatic carbocycles. The van der Waals surface area contributed by atoms with Crippen molar-refractivity contribution in [2.24, 2.45) is 0 Å². The van der Waals surface area contributed by atoms with Crippen molar-refractivity contribution < 1.29 is 9.53 Å². The van der Waals surface area contributed by atoms with E-state index in [4.69, 9.17) is 22.1 Å². The first-order valence-corrected chi connectivity index (χ1v) is 7.34. The number of nitrogens with two attached hydrogens (primary N) is 1. The molecule has 0 aliphatic carbocycles. The number of nitrogens with zero attached hydrogens (tertiary/aromatic N) is 2. The van der Waals surface area contributed by atoms with Crippen LogP contribution in [0.25, 0.3) is 0 Å². The van der Waals surface area contributed by atoms with Gasteiger partial charge in [0.05, 0.1) is 5.56 Å². The van der Waals surface area contributed by atoms with E-state index in [9.17, 15) is 10.1 Å². The van der Waals surface area contributed by atoms with Gasteiger partial charge in [-0.25, -0.2) is 9.78 Å². The minimum atomic E-state index is -0.668. The summed E-state index contributed by atoms with van der Waals surface area (Å²) in [4.78, 5) is 16.1. The van der Waals surface area contributed by atoms with E-state index in [-0.39, 0.29) is 11.4 Å². The number of hydrogen-bond donors (Lipinski definition) is 1. The molecule has 2 heterocycles. The van der Waals surface area contributed by atoms with Gasteiger partial charge in [-0.05, 0) is 40.3 Å². The van der Waals surface area contributed by atoms with Crippen LogP contribution in [0.2, 0.25) is 5.02 Å². The number of rotatable bonds is 1. The summed E-state index contributed by atoms with van der Waals surface area (Å²) >= 11 is 7.78. The van der Waals surface area contributed by atoms with Crippen molar-refractivity contribution in [1.29, 1.82) is 5.26 Å². The van der Waals surface area contributed by atoms with Crippen molar-refractivity contribution in [1.82, 2.24) is 4.98 Å². The Morgan fingerprint density at radius 2 is 2.05 bits per heavy atom. The zero-order valence-electron chi connectivity index (χ0n) is 10.4. The molecule has 0 spiro atoms. The van der Waals surface area contributed by atoms with Crippen LogP contribution in [-0.2, 0) is 4.74 Å². The lowest BCUT2D eigenvalue weighted by Crippen LogP contribution is -2.07. The molecular formula is C14H7ClIN3O2. The van der Waals surface area contributed by atoms with Gasteiger partial charge >= 0.3 is 5.97 Å². The minimum absolute atomic E-state index is 0.0786. The Morgan fingerprint density at radius 3 is 2.67 bits per heavy atom. The third-order valence-corrected chi connectivity index (χ3v) is 4.23. The number of hydrogen-bond acceptors (Lipinski definition) is 5. The Hall–Kier alpha value is -1.85. The smallest absolute Gasteiger partial charge is 0.343 e. The highest BCUT2D eigenvalue weighted by atomic mass is 127. The summed E-state index contributed by atoms with van der Waals surface area (Å²) in [5.41, 5.74) is 7.49. The molecule has 1 unspecified atom stereocenters. The van der Waals surface area contributed by atoms with Crippen LogP contribution in [0.15, 0.2) is 24.3 Å². The summed E-state index contributed by atoms with van der Waals surface area (Å²) in [6, 6.07) is 8.97. The second kappa shape index (κ2) is 5.16. The normalized spacial score (nSPS) is 16.2. The van der Waals surface area contributed by atoms with Gasteiger partial charge in [0.15, 0.2) is 6.10 Å². The van der Waals surface area contributed by atoms with Crippen LogP contribution in [0, 0.1) is 15.0 Å². The zero-order chi connectivity index (χ0) is 15.1. The van der Waals surface area contributed by atoms with Crippen molar-refractivity contribution in [3.8, 4) is 6.07 Å². The van der Waals surface area contributed by atoms with E-state index in [1.54, 1.807) is 24.3 Å². The number of benzene rings is 1. The largest absolute Gasteiger partial charge is 0.449 e. The third kappa shape index (κ3) is 2.22. The Labute approximate surface area is 138 Å². The van der Waals surface area contributed by atoms with Crippen LogP contribution in [0.5, 0.6) is 0 Å². The molecule has 1 aromatic heterocycles. The van der Waals surface area contributed by atoms with E-state index in [0.717, 1.165) is 5.56 Å². The van der Waals surface area contributed by atoms with E-state index in [1.807, 2.05) is 22.6 Å². The van der Waals surface area contributed by atoms with Crippen LogP contribution in [0.4, 0.5) is 5.82 Å². The van der Waals surface area contributed by atoms with Crippen LogP contribution < -0.4 is 5.73 Å². The van der Waals surface area contributed by atoms with Gasteiger partial charge in [-0.1, -0.05) is 23.7 Å². The molecule has 1 aliphatic rings. The molecule has 2 aromatic rings. The number of cyclic esters (lactones) is 1. The number of fused-ring (bicyclic) bond motifs is 1. The maximum absolute atomic E-state index is 12.0. The number of halogens is 2. The summed E-state index contributed by atoms with van der Waals surface area (Å²) < 4.78 is 5.83. The molecule has 5 nitrogen and oxygen atoms in total. The molecule has 0 saturated heterocycles. The molecule has 0 saturated carbocycles. The number of ether oxygens (including phenoxy) is 1. The second-order valence-corrected chi connectivity index (χ2v) is 5.86. The number of esters is 1. The number of pyridine rings is 1. The lowest BCUT2D eigenvalue weighted by molar-refractivity contribution is 0.0456. The minimum Gasteiger partial charge on any atom is -0.449 e. The molecule has 1 atom stereocenters. The number of nitriles is 1. The highest BCUT2D eigenvalue weighted by molar-refractivity contribution is 14.1. The van der Waals surface area contributed by atoms with Crippen LogP contribution in [-0.4, -0.2) is 11.0 Å². The SMILES string of the molecule is N#Cc1c(I)nc(N)c2c1C(c1ccc(Cl)cc1)OC2=O. The number of carbonyl (C=O) groups is 1. The lowest BCUT2D eigenvalue weighted by atomic mass is 9.96. The molecule has 0 radical (unpaired) electrons. The van der Waals surface area contributed by atoms with Crippen LogP contribution >= 0.6 is 34.2 Å². The number of anilines is 1. The topological polar surface area (TPSA) is 89.0 Å². The standard InChI is InChI=1S/C14H7ClIN3O2/c15-7-3-1-6(2-4-7)11-9-8(5-17)12(16)19-13(18)10(9)14(20)21-11/h1-4,11H,(H2,18,19). The van der Waals surface area contributed by atoms with E-state index in [2.05, 4.69) is 11.1 Å². The van der Waals surface area contributed by atoms with Gasteiger partial charge in [-0.3, -0.25) is 0 Å². The van der Waals surface area contributed by atoms with Gasteiger partial charge in [0.1, 0.15) is 21.2 Å². The fourth-order valence-corrected chi connectivity index (χ4v) is 3.07. The molecule has 104 valence electrons. The Bertz CT molecular complexity index is 799. The van der Waals surface area contributed by atoms with Gasteiger partial charge < -0.3 is 10.5 Å². The summed E-state index contributed by atoms with van der Waals surface area (Å²) in [5, 5.41) is 9.92. The van der Waals surface area contributed by atoms with Crippen LogP contribution in [0.3, 0.4) is 0 Å². The molecule has 7 heteroatoms. The Morgan fingerprint density at radius 1 is 1.38 bits per heavy atom. The summed E-state index contributed by atoms with van der Waals surface area (Å²) in [6.45, 7) is 0. The average molecular weight is 412 g/mol. The Kier molecular flexibility index (Phi) is 3.47. The average Bonchev–Trinajstić information content (AvgIpc) is 2.78. The maximum atomic E-state index is 12.0. The maximum Gasteiger partial charge on any atom is 0.343 e. The first-order chi connectivity index (χ1) is 10.0. The van der Waals surface area contributed by atoms with Crippen molar-refractivity contribution in [2.45, 2.75) is 6.10 Å². The van der Waals surface area contributed by atoms with Gasteiger partial charge in [-0.15, -0.1) is 0 Å². The predicted molar refractivity (Wildman–Crippen MR) is 84.8 cm³/mol. The predicted octanol–water partition coefficient (Wildman–Crippen LogP) is 3.05. The molecule has 0 bridgehead atoms. The Balaban J connectivity index is 2.26. The third-order valence-electron chi connectivity index (χ3n) is 3.20. The zero-order valence-corrected chi connectivity index (χ0v) is 13.3. The first kappa shape index (κ1) is 14.1. The van der Waals surface area contributed by atoms with Crippen molar-refractivity contribution in [2.75, 3.05) is 5.73 Å². The fourth-order valence-electron chi connectivity index (χ4n) is 2.27.